The van der Waals surface area contributed by atoms with Crippen LogP contribution in [0.2, 0.25) is 0 Å². The van der Waals surface area contributed by atoms with Crippen molar-refractivity contribution in [3.63, 3.8) is 0 Å². The predicted molar refractivity (Wildman–Crippen MR) is 86.7 cm³/mol. The van der Waals surface area contributed by atoms with Gasteiger partial charge in [0.05, 0.1) is 23.4 Å². The molecular formula is C18H16F3N3O. The van der Waals surface area contributed by atoms with Gasteiger partial charge < -0.3 is 9.32 Å². The Kier molecular flexibility index (Phi) is 4.53. The van der Waals surface area contributed by atoms with Crippen LogP contribution in [0.1, 0.15) is 36.7 Å². The summed E-state index contributed by atoms with van der Waals surface area (Å²) in [5, 5.41) is 8.93. The molecule has 1 aromatic carbocycles. The quantitative estimate of drug-likeness (QED) is 0.809. The summed E-state index contributed by atoms with van der Waals surface area (Å²) in [5.41, 5.74) is 0.211. The first-order chi connectivity index (χ1) is 11.9. The molecule has 4 nitrogen and oxygen atoms in total. The highest BCUT2D eigenvalue weighted by atomic mass is 19.4. The molecule has 1 unspecified atom stereocenters. The first-order valence-electron chi connectivity index (χ1n) is 7.90. The van der Waals surface area contributed by atoms with Crippen molar-refractivity contribution in [2.24, 2.45) is 0 Å². The van der Waals surface area contributed by atoms with Gasteiger partial charge in [0.1, 0.15) is 5.76 Å². The fourth-order valence-corrected chi connectivity index (χ4v) is 3.21. The Labute approximate surface area is 143 Å². The third kappa shape index (κ3) is 3.38. The number of aromatic nitrogens is 1. The Morgan fingerprint density at radius 2 is 2.20 bits per heavy atom. The molecule has 0 amide bonds. The van der Waals surface area contributed by atoms with Gasteiger partial charge in [-0.3, -0.25) is 0 Å². The molecule has 0 spiro atoms. The van der Waals surface area contributed by atoms with Crippen LogP contribution in [0.4, 0.5) is 18.9 Å². The second-order valence-corrected chi connectivity index (χ2v) is 5.81. The number of hydrogen-bond donors (Lipinski definition) is 0. The molecule has 0 radical (unpaired) electrons. The summed E-state index contributed by atoms with van der Waals surface area (Å²) in [6.45, 7) is 2.46. The van der Waals surface area contributed by atoms with E-state index in [0.29, 0.717) is 30.8 Å². The number of rotatable bonds is 4. The molecule has 0 N–H and O–H groups in total. The Balaban J connectivity index is 1.86. The molecule has 1 atom stereocenters. The maximum absolute atomic E-state index is 13.2. The first kappa shape index (κ1) is 17.1. The fraction of sp³-hybridized carbons (Fsp3) is 0.333. The first-order valence-corrected chi connectivity index (χ1v) is 7.90. The largest absolute Gasteiger partial charge is 0.444 e. The van der Waals surface area contributed by atoms with E-state index < -0.39 is 11.7 Å². The zero-order valence-electron chi connectivity index (χ0n) is 13.5. The van der Waals surface area contributed by atoms with Gasteiger partial charge in [0.2, 0.25) is 0 Å². The number of oxazole rings is 1. The van der Waals surface area contributed by atoms with Crippen molar-refractivity contribution in [1.82, 2.24) is 4.98 Å². The number of benzene rings is 1. The van der Waals surface area contributed by atoms with E-state index in [2.05, 4.69) is 4.98 Å². The Morgan fingerprint density at radius 3 is 2.80 bits per heavy atom. The highest BCUT2D eigenvalue weighted by Gasteiger charge is 2.35. The lowest BCUT2D eigenvalue weighted by atomic mass is 10.0. The van der Waals surface area contributed by atoms with E-state index in [-0.39, 0.29) is 11.6 Å². The van der Waals surface area contributed by atoms with Crippen LogP contribution in [-0.2, 0) is 6.18 Å². The fourth-order valence-electron chi connectivity index (χ4n) is 3.21. The highest BCUT2D eigenvalue weighted by molar-refractivity contribution is 5.66. The van der Waals surface area contributed by atoms with Crippen LogP contribution in [0.25, 0.3) is 5.57 Å². The lowest BCUT2D eigenvalue weighted by Gasteiger charge is -2.31. The molecule has 25 heavy (non-hydrogen) atoms. The Hall–Kier alpha value is -2.75. The zero-order chi connectivity index (χ0) is 18.0. The van der Waals surface area contributed by atoms with Crippen molar-refractivity contribution in [3.05, 3.63) is 53.8 Å². The average molecular weight is 347 g/mol. The summed E-state index contributed by atoms with van der Waals surface area (Å²) in [6.07, 6.45) is 1.85. The number of anilines is 1. The van der Waals surface area contributed by atoms with Crippen LogP contribution >= 0.6 is 0 Å². The van der Waals surface area contributed by atoms with E-state index in [9.17, 15) is 13.2 Å². The molecule has 0 saturated carbocycles. The average Bonchev–Trinajstić information content (AvgIpc) is 3.26. The SMILES string of the molecule is CCN(c1ccc(C#N)c(C(F)(F)F)c1)C1CC=C(c2cnco2)C1. The summed E-state index contributed by atoms with van der Waals surface area (Å²) in [6, 6.07) is 5.53. The van der Waals surface area contributed by atoms with Gasteiger partial charge in [-0.2, -0.15) is 18.4 Å². The molecule has 0 aliphatic heterocycles. The lowest BCUT2D eigenvalue weighted by Crippen LogP contribution is -2.33. The van der Waals surface area contributed by atoms with Gasteiger partial charge >= 0.3 is 6.18 Å². The molecule has 3 rings (SSSR count). The maximum atomic E-state index is 13.2. The maximum Gasteiger partial charge on any atom is 0.417 e. The summed E-state index contributed by atoms with van der Waals surface area (Å²) < 4.78 is 44.9. The zero-order valence-corrected chi connectivity index (χ0v) is 13.5. The number of nitrogens with zero attached hydrogens (tertiary/aromatic N) is 3. The second kappa shape index (κ2) is 6.63. The topological polar surface area (TPSA) is 53.1 Å². The smallest absolute Gasteiger partial charge is 0.417 e. The number of nitriles is 1. The molecule has 2 aromatic rings. The minimum atomic E-state index is -4.56. The summed E-state index contributed by atoms with van der Waals surface area (Å²) in [7, 11) is 0. The highest BCUT2D eigenvalue weighted by Crippen LogP contribution is 2.37. The third-order valence-corrected chi connectivity index (χ3v) is 4.38. The molecule has 0 bridgehead atoms. The van der Waals surface area contributed by atoms with Crippen LogP contribution in [0.5, 0.6) is 0 Å². The van der Waals surface area contributed by atoms with Gasteiger partial charge in [0.15, 0.2) is 6.39 Å². The van der Waals surface area contributed by atoms with Gasteiger partial charge in [0.25, 0.3) is 0 Å². The molecule has 1 aliphatic rings. The molecular weight excluding hydrogens is 331 g/mol. The van der Waals surface area contributed by atoms with Crippen molar-refractivity contribution < 1.29 is 17.6 Å². The van der Waals surface area contributed by atoms with Crippen molar-refractivity contribution in [2.45, 2.75) is 32.0 Å². The van der Waals surface area contributed by atoms with E-state index in [0.717, 1.165) is 11.6 Å². The van der Waals surface area contributed by atoms with Crippen LogP contribution in [0, 0.1) is 11.3 Å². The van der Waals surface area contributed by atoms with Gasteiger partial charge in [0, 0.05) is 18.3 Å². The van der Waals surface area contributed by atoms with E-state index in [1.54, 1.807) is 18.3 Å². The van der Waals surface area contributed by atoms with Crippen LogP contribution in [0.15, 0.2) is 41.3 Å². The third-order valence-electron chi connectivity index (χ3n) is 4.38. The van der Waals surface area contributed by atoms with Gasteiger partial charge in [-0.1, -0.05) is 6.08 Å². The van der Waals surface area contributed by atoms with Crippen molar-refractivity contribution >= 4 is 11.3 Å². The van der Waals surface area contributed by atoms with Crippen LogP contribution < -0.4 is 4.90 Å². The number of hydrogen-bond acceptors (Lipinski definition) is 4. The Morgan fingerprint density at radius 1 is 1.40 bits per heavy atom. The predicted octanol–water partition coefficient (Wildman–Crippen LogP) is 4.64. The van der Waals surface area contributed by atoms with E-state index >= 15 is 0 Å². The van der Waals surface area contributed by atoms with E-state index in [1.165, 1.54) is 12.5 Å². The molecule has 0 fully saturated rings. The van der Waals surface area contributed by atoms with E-state index in [1.807, 2.05) is 17.9 Å². The van der Waals surface area contributed by atoms with Gasteiger partial charge in [-0.15, -0.1) is 0 Å². The number of halogens is 3. The van der Waals surface area contributed by atoms with Gasteiger partial charge in [-0.05, 0) is 43.5 Å². The lowest BCUT2D eigenvalue weighted by molar-refractivity contribution is -0.137. The standard InChI is InChI=1S/C18H16F3N3O/c1-2-24(14-5-3-12(7-14)17-10-23-11-25-17)15-6-4-13(9-22)16(8-15)18(19,20)21/h3-4,6,8,10-11,14H,2,5,7H2,1H3. The Bertz CT molecular complexity index is 819. The summed E-state index contributed by atoms with van der Waals surface area (Å²) >= 11 is 0. The molecule has 1 heterocycles. The monoisotopic (exact) mass is 347 g/mol. The molecule has 1 aromatic heterocycles. The van der Waals surface area contributed by atoms with E-state index in [4.69, 9.17) is 9.68 Å². The van der Waals surface area contributed by atoms with Crippen LogP contribution in [-0.4, -0.2) is 17.6 Å². The normalized spacial score (nSPS) is 17.2. The number of alkyl halides is 3. The van der Waals surface area contributed by atoms with Crippen molar-refractivity contribution in [1.29, 1.82) is 5.26 Å². The van der Waals surface area contributed by atoms with Crippen molar-refractivity contribution in [3.8, 4) is 6.07 Å². The molecule has 130 valence electrons. The molecule has 7 heteroatoms. The molecule has 0 saturated heterocycles. The minimum absolute atomic E-state index is 0.0409. The minimum Gasteiger partial charge on any atom is -0.444 e. The summed E-state index contributed by atoms with van der Waals surface area (Å²) in [4.78, 5) is 5.82. The van der Waals surface area contributed by atoms with Gasteiger partial charge in [-0.25, -0.2) is 4.98 Å². The second-order valence-electron chi connectivity index (χ2n) is 5.81. The van der Waals surface area contributed by atoms with Crippen LogP contribution in [0.3, 0.4) is 0 Å². The van der Waals surface area contributed by atoms with Crippen molar-refractivity contribution in [2.75, 3.05) is 11.4 Å². The summed E-state index contributed by atoms with van der Waals surface area (Å²) in [5.74, 6) is 0.689. The molecule has 1 aliphatic carbocycles.